The number of ether oxygens (including phenoxy) is 2. The molecule has 1 saturated heterocycles. The molecule has 0 radical (unpaired) electrons. The Labute approximate surface area is 174 Å². The van der Waals surface area contributed by atoms with Gasteiger partial charge in [0, 0.05) is 17.8 Å². The first-order valence-corrected chi connectivity index (χ1v) is 11.7. The Morgan fingerprint density at radius 3 is 2.21 bits per heavy atom. The van der Waals surface area contributed by atoms with Gasteiger partial charge in [-0.15, -0.1) is 6.58 Å². The van der Waals surface area contributed by atoms with Crippen molar-refractivity contribution in [2.24, 2.45) is 35.5 Å². The molecule has 3 fully saturated rings. The standard InChI is InChI=1S/C25H36F2O2/c1-2-17-15-28-25(29-16-17)21-9-7-19(8-10-21)22-11-12-23(24(27)13-22)20-5-3-18(14-26)4-6-20/h2,11,13,17-21,23,25H,1,3-10,12,14-16H2. The van der Waals surface area contributed by atoms with Crippen LogP contribution in [-0.4, -0.2) is 26.2 Å². The van der Waals surface area contributed by atoms with Gasteiger partial charge < -0.3 is 9.47 Å². The van der Waals surface area contributed by atoms with Gasteiger partial charge in [0.1, 0.15) is 5.83 Å². The van der Waals surface area contributed by atoms with E-state index in [0.29, 0.717) is 36.9 Å². The smallest absolute Gasteiger partial charge is 0.160 e. The molecule has 0 aromatic rings. The van der Waals surface area contributed by atoms with E-state index in [-0.39, 0.29) is 30.6 Å². The topological polar surface area (TPSA) is 18.5 Å². The van der Waals surface area contributed by atoms with Crippen LogP contribution in [-0.2, 0) is 9.47 Å². The number of halogens is 2. The maximum absolute atomic E-state index is 15.0. The van der Waals surface area contributed by atoms with E-state index in [1.54, 1.807) is 0 Å². The van der Waals surface area contributed by atoms with Crippen LogP contribution in [0.15, 0.2) is 36.2 Å². The minimum atomic E-state index is -0.214. The van der Waals surface area contributed by atoms with Gasteiger partial charge in [0.2, 0.25) is 0 Å². The average molecular weight is 407 g/mol. The largest absolute Gasteiger partial charge is 0.352 e. The molecule has 29 heavy (non-hydrogen) atoms. The summed E-state index contributed by atoms with van der Waals surface area (Å²) in [4.78, 5) is 0. The second kappa shape index (κ2) is 9.87. The van der Waals surface area contributed by atoms with Crippen molar-refractivity contribution in [1.29, 1.82) is 0 Å². The minimum absolute atomic E-state index is 0.0255. The first-order valence-electron chi connectivity index (χ1n) is 11.7. The molecule has 1 unspecified atom stereocenters. The maximum atomic E-state index is 15.0. The van der Waals surface area contributed by atoms with Gasteiger partial charge >= 0.3 is 0 Å². The summed E-state index contributed by atoms with van der Waals surface area (Å²) in [5, 5.41) is 0. The van der Waals surface area contributed by atoms with Crippen molar-refractivity contribution in [2.45, 2.75) is 64.1 Å². The molecule has 0 spiro atoms. The van der Waals surface area contributed by atoms with Gasteiger partial charge in [-0.2, -0.15) is 0 Å². The lowest BCUT2D eigenvalue weighted by Crippen LogP contribution is -2.38. The van der Waals surface area contributed by atoms with Crippen molar-refractivity contribution >= 4 is 0 Å². The van der Waals surface area contributed by atoms with E-state index >= 15 is 0 Å². The Bertz CT molecular complexity index is 604. The Balaban J connectivity index is 1.26. The molecule has 0 N–H and O–H groups in total. The fourth-order valence-corrected chi connectivity index (χ4v) is 5.81. The number of alkyl halides is 1. The van der Waals surface area contributed by atoms with E-state index in [4.69, 9.17) is 9.47 Å². The van der Waals surface area contributed by atoms with E-state index in [1.807, 2.05) is 12.2 Å². The molecule has 4 aliphatic rings. The highest BCUT2D eigenvalue weighted by Crippen LogP contribution is 2.44. The molecule has 2 nitrogen and oxygen atoms in total. The molecule has 2 saturated carbocycles. The van der Waals surface area contributed by atoms with Crippen LogP contribution in [0.5, 0.6) is 0 Å². The van der Waals surface area contributed by atoms with Gasteiger partial charge in [0.05, 0.1) is 19.9 Å². The molecule has 1 atom stereocenters. The predicted molar refractivity (Wildman–Crippen MR) is 112 cm³/mol. The Hall–Kier alpha value is -1.00. The maximum Gasteiger partial charge on any atom is 0.160 e. The van der Waals surface area contributed by atoms with Crippen molar-refractivity contribution in [3.8, 4) is 0 Å². The molecule has 162 valence electrons. The van der Waals surface area contributed by atoms with Gasteiger partial charge in [-0.3, -0.25) is 4.39 Å². The SMILES string of the molecule is C=CC1COC(C2CCC(C3=CCC(C4CCC(CF)CC4)C(F)=C3)CC2)OC1. The summed E-state index contributed by atoms with van der Waals surface area (Å²) in [7, 11) is 0. The van der Waals surface area contributed by atoms with Gasteiger partial charge in [-0.25, -0.2) is 4.39 Å². The number of hydrogen-bond donors (Lipinski definition) is 0. The number of rotatable bonds is 5. The molecule has 1 heterocycles. The van der Waals surface area contributed by atoms with Crippen LogP contribution in [0.3, 0.4) is 0 Å². The summed E-state index contributed by atoms with van der Waals surface area (Å²) < 4.78 is 39.6. The Morgan fingerprint density at radius 2 is 1.62 bits per heavy atom. The van der Waals surface area contributed by atoms with Crippen LogP contribution < -0.4 is 0 Å². The summed E-state index contributed by atoms with van der Waals surface area (Å²) in [5.41, 5.74) is 1.20. The zero-order chi connectivity index (χ0) is 20.2. The van der Waals surface area contributed by atoms with E-state index in [0.717, 1.165) is 57.8 Å². The normalized spacial score (nSPS) is 41.4. The van der Waals surface area contributed by atoms with Gasteiger partial charge in [0.15, 0.2) is 6.29 Å². The lowest BCUT2D eigenvalue weighted by atomic mass is 9.71. The van der Waals surface area contributed by atoms with Crippen LogP contribution in [0, 0.1) is 35.5 Å². The first kappa shape index (κ1) is 21.2. The summed E-state index contributed by atoms with van der Waals surface area (Å²) in [6.45, 7) is 5.02. The molecule has 1 aliphatic heterocycles. The van der Waals surface area contributed by atoms with Crippen LogP contribution in [0.25, 0.3) is 0 Å². The second-order valence-electron chi connectivity index (χ2n) is 9.65. The fraction of sp³-hybridized carbons (Fsp3) is 0.760. The summed E-state index contributed by atoms with van der Waals surface area (Å²) in [5.74, 6) is 1.92. The average Bonchev–Trinajstić information content (AvgIpc) is 2.79. The minimum Gasteiger partial charge on any atom is -0.352 e. The van der Waals surface area contributed by atoms with Crippen molar-refractivity contribution < 1.29 is 18.3 Å². The number of allylic oxidation sites excluding steroid dienone is 4. The monoisotopic (exact) mass is 406 g/mol. The lowest BCUT2D eigenvalue weighted by molar-refractivity contribution is -0.222. The third-order valence-electron chi connectivity index (χ3n) is 7.86. The summed E-state index contributed by atoms with van der Waals surface area (Å²) >= 11 is 0. The van der Waals surface area contributed by atoms with E-state index in [1.165, 1.54) is 5.57 Å². The fourth-order valence-electron chi connectivity index (χ4n) is 5.81. The van der Waals surface area contributed by atoms with Crippen molar-refractivity contribution in [3.63, 3.8) is 0 Å². The highest BCUT2D eigenvalue weighted by molar-refractivity contribution is 5.30. The first-order chi connectivity index (χ1) is 14.2. The zero-order valence-electron chi connectivity index (χ0n) is 17.5. The molecule has 3 aliphatic carbocycles. The van der Waals surface area contributed by atoms with Gasteiger partial charge in [-0.1, -0.05) is 12.2 Å². The van der Waals surface area contributed by atoms with Crippen molar-refractivity contribution in [2.75, 3.05) is 19.9 Å². The van der Waals surface area contributed by atoms with Crippen LogP contribution >= 0.6 is 0 Å². The molecule has 4 heteroatoms. The predicted octanol–water partition coefficient (Wildman–Crippen LogP) is 6.54. The molecule has 0 aromatic heterocycles. The Morgan fingerprint density at radius 1 is 0.966 bits per heavy atom. The molecular formula is C25H36F2O2. The Kier molecular flexibility index (Phi) is 7.23. The van der Waals surface area contributed by atoms with Gasteiger partial charge in [-0.05, 0) is 87.2 Å². The van der Waals surface area contributed by atoms with Crippen LogP contribution in [0.1, 0.15) is 57.8 Å². The van der Waals surface area contributed by atoms with E-state index in [2.05, 4.69) is 12.7 Å². The third-order valence-corrected chi connectivity index (χ3v) is 7.86. The molecule has 0 bridgehead atoms. The molecular weight excluding hydrogens is 370 g/mol. The highest BCUT2D eigenvalue weighted by atomic mass is 19.1. The molecule has 4 rings (SSSR count). The zero-order valence-corrected chi connectivity index (χ0v) is 17.5. The van der Waals surface area contributed by atoms with Crippen molar-refractivity contribution in [3.05, 3.63) is 36.2 Å². The van der Waals surface area contributed by atoms with Crippen LogP contribution in [0.4, 0.5) is 8.78 Å². The second-order valence-corrected chi connectivity index (χ2v) is 9.65. The van der Waals surface area contributed by atoms with Crippen molar-refractivity contribution in [1.82, 2.24) is 0 Å². The van der Waals surface area contributed by atoms with Crippen LogP contribution in [0.2, 0.25) is 0 Å². The molecule has 0 amide bonds. The van der Waals surface area contributed by atoms with Gasteiger partial charge in [0.25, 0.3) is 0 Å². The quantitative estimate of drug-likeness (QED) is 0.482. The van der Waals surface area contributed by atoms with E-state index < -0.39 is 0 Å². The summed E-state index contributed by atoms with van der Waals surface area (Å²) in [6, 6.07) is 0. The molecule has 0 aromatic carbocycles. The van der Waals surface area contributed by atoms with E-state index in [9.17, 15) is 8.78 Å². The highest BCUT2D eigenvalue weighted by Gasteiger charge is 2.35. The lowest BCUT2D eigenvalue weighted by Gasteiger charge is -2.38. The summed E-state index contributed by atoms with van der Waals surface area (Å²) in [6.07, 6.45) is 14.9. The third kappa shape index (κ3) is 5.02. The number of hydrogen-bond acceptors (Lipinski definition) is 2.